The van der Waals surface area contributed by atoms with Crippen molar-refractivity contribution in [3.05, 3.63) is 12.2 Å². The Labute approximate surface area is 53.9 Å². The third-order valence-corrected chi connectivity index (χ3v) is 0.470. The summed E-state index contributed by atoms with van der Waals surface area (Å²) in [7, 11) is 0. The first kappa shape index (κ1) is 7.68. The molecular weight excluding hydrogens is 116 g/mol. The zero-order valence-corrected chi connectivity index (χ0v) is 5.31. The van der Waals surface area contributed by atoms with Crippen LogP contribution in [0.5, 0.6) is 0 Å². The maximum atomic E-state index is 6.66. The van der Waals surface area contributed by atoms with E-state index >= 15 is 0 Å². The van der Waals surface area contributed by atoms with Crippen LogP contribution in [0.2, 0.25) is 0 Å². The molecule has 0 aromatic rings. The second-order valence-electron chi connectivity index (χ2n) is 1.63. The molecule has 0 aliphatic carbocycles. The molecule has 0 atom stereocenters. The quantitative estimate of drug-likeness (QED) is 0.277. The second-order valence-corrected chi connectivity index (χ2v) is 1.63. The fraction of sp³-hybridized carbons (Fsp3) is 0.200. The number of rotatable bonds is 2. The summed E-state index contributed by atoms with van der Waals surface area (Å²) in [6.07, 6.45) is 1.49. The number of guanidine groups is 1. The average Bonchev–Trinajstić information content (AvgIpc) is 1.63. The van der Waals surface area contributed by atoms with Crippen LogP contribution in [0.15, 0.2) is 17.3 Å². The number of hydrazone groups is 1. The van der Waals surface area contributed by atoms with Crippen LogP contribution >= 0.6 is 0 Å². The topological polar surface area (TPSA) is 74.3 Å². The first-order valence-electron chi connectivity index (χ1n) is 2.41. The van der Waals surface area contributed by atoms with Gasteiger partial charge in [-0.05, 0) is 12.5 Å². The molecule has 9 heavy (non-hydrogen) atoms. The van der Waals surface area contributed by atoms with Crippen molar-refractivity contribution < 1.29 is 0 Å². The van der Waals surface area contributed by atoms with Crippen molar-refractivity contribution in [2.24, 2.45) is 10.8 Å². The molecule has 0 spiro atoms. The molecule has 0 aliphatic rings. The first-order valence-corrected chi connectivity index (χ1v) is 2.41. The van der Waals surface area contributed by atoms with Crippen molar-refractivity contribution in [2.45, 2.75) is 6.92 Å². The Kier molecular flexibility index (Phi) is 3.12. The molecule has 0 saturated carbocycles. The Bertz CT molecular complexity index is 147. The third kappa shape index (κ3) is 6.68. The van der Waals surface area contributed by atoms with Gasteiger partial charge < -0.3 is 5.73 Å². The van der Waals surface area contributed by atoms with Gasteiger partial charge in [-0.2, -0.15) is 5.10 Å². The molecule has 0 radical (unpaired) electrons. The SMILES string of the molecule is C=C(C)/C=N/NC(=N)N. The Morgan fingerprint density at radius 2 is 2.44 bits per heavy atom. The summed E-state index contributed by atoms with van der Waals surface area (Å²) in [6, 6.07) is 0. The number of hydrogen-bond donors (Lipinski definition) is 3. The van der Waals surface area contributed by atoms with Gasteiger partial charge in [0, 0.05) is 6.21 Å². The van der Waals surface area contributed by atoms with Crippen molar-refractivity contribution >= 4 is 12.2 Å². The van der Waals surface area contributed by atoms with Crippen molar-refractivity contribution in [3.8, 4) is 0 Å². The van der Waals surface area contributed by atoms with E-state index in [9.17, 15) is 0 Å². The van der Waals surface area contributed by atoms with Gasteiger partial charge in [0.25, 0.3) is 0 Å². The highest BCUT2D eigenvalue weighted by Gasteiger charge is 1.77. The third-order valence-electron chi connectivity index (χ3n) is 0.470. The summed E-state index contributed by atoms with van der Waals surface area (Å²) in [4.78, 5) is 0. The second kappa shape index (κ2) is 3.65. The smallest absolute Gasteiger partial charge is 0.206 e. The van der Waals surface area contributed by atoms with E-state index in [1.165, 1.54) is 6.21 Å². The molecule has 0 aliphatic heterocycles. The Morgan fingerprint density at radius 3 is 2.78 bits per heavy atom. The van der Waals surface area contributed by atoms with Gasteiger partial charge >= 0.3 is 0 Å². The summed E-state index contributed by atoms with van der Waals surface area (Å²) < 4.78 is 0. The fourth-order valence-electron chi connectivity index (χ4n) is 0.212. The molecule has 0 fully saturated rings. The Hall–Kier alpha value is -1.32. The predicted octanol–water partition coefficient (Wildman–Crippen LogP) is 0.0314. The van der Waals surface area contributed by atoms with E-state index in [0.29, 0.717) is 0 Å². The molecule has 0 unspecified atom stereocenters. The Morgan fingerprint density at radius 1 is 1.89 bits per heavy atom. The van der Waals surface area contributed by atoms with Crippen molar-refractivity contribution in [1.29, 1.82) is 5.41 Å². The molecule has 0 aromatic carbocycles. The molecular formula is C5H10N4. The van der Waals surface area contributed by atoms with E-state index in [-0.39, 0.29) is 5.96 Å². The maximum Gasteiger partial charge on any atom is 0.206 e. The predicted molar refractivity (Wildman–Crippen MR) is 38.4 cm³/mol. The van der Waals surface area contributed by atoms with E-state index in [1.54, 1.807) is 6.92 Å². The molecule has 0 amide bonds. The minimum atomic E-state index is -0.174. The van der Waals surface area contributed by atoms with Crippen LogP contribution in [-0.2, 0) is 0 Å². The van der Waals surface area contributed by atoms with Gasteiger partial charge in [-0.25, -0.2) is 5.43 Å². The molecule has 4 heteroatoms. The normalized spacial score (nSPS) is 9.44. The van der Waals surface area contributed by atoms with Crippen LogP contribution in [0, 0.1) is 5.41 Å². The lowest BCUT2D eigenvalue weighted by molar-refractivity contribution is 1.00. The lowest BCUT2D eigenvalue weighted by atomic mass is 10.4. The molecule has 50 valence electrons. The van der Waals surface area contributed by atoms with E-state index in [1.807, 2.05) is 0 Å². The van der Waals surface area contributed by atoms with Crippen LogP contribution in [-0.4, -0.2) is 12.2 Å². The summed E-state index contributed by atoms with van der Waals surface area (Å²) in [6.45, 7) is 5.35. The largest absolute Gasteiger partial charge is 0.369 e. The number of nitrogens with one attached hydrogen (secondary N) is 2. The van der Waals surface area contributed by atoms with Gasteiger partial charge in [0.05, 0.1) is 0 Å². The highest BCUT2D eigenvalue weighted by Crippen LogP contribution is 1.75. The minimum Gasteiger partial charge on any atom is -0.369 e. The van der Waals surface area contributed by atoms with Crippen LogP contribution in [0.1, 0.15) is 6.92 Å². The van der Waals surface area contributed by atoms with Gasteiger partial charge in [0.2, 0.25) is 5.96 Å². The van der Waals surface area contributed by atoms with E-state index in [0.717, 1.165) is 5.57 Å². The standard InChI is InChI=1S/C5H10N4/c1-4(2)3-8-9-5(6)7/h3H,1H2,2H3,(H4,6,7,9)/b8-3+. The zero-order valence-electron chi connectivity index (χ0n) is 5.31. The number of nitrogens with two attached hydrogens (primary N) is 1. The zero-order chi connectivity index (χ0) is 7.28. The monoisotopic (exact) mass is 126 g/mol. The fourth-order valence-corrected chi connectivity index (χ4v) is 0.212. The number of nitrogens with zero attached hydrogens (tertiary/aromatic N) is 1. The molecule has 4 nitrogen and oxygen atoms in total. The van der Waals surface area contributed by atoms with Gasteiger partial charge in [0.1, 0.15) is 0 Å². The first-order chi connectivity index (χ1) is 4.13. The Balaban J connectivity index is 3.48. The van der Waals surface area contributed by atoms with Crippen molar-refractivity contribution in [2.75, 3.05) is 0 Å². The van der Waals surface area contributed by atoms with Crippen molar-refractivity contribution in [1.82, 2.24) is 5.43 Å². The van der Waals surface area contributed by atoms with Crippen LogP contribution in [0.25, 0.3) is 0 Å². The van der Waals surface area contributed by atoms with E-state index in [4.69, 9.17) is 11.1 Å². The highest BCUT2D eigenvalue weighted by molar-refractivity contribution is 5.79. The lowest BCUT2D eigenvalue weighted by Gasteiger charge is -1.91. The molecule has 4 N–H and O–H groups in total. The van der Waals surface area contributed by atoms with Crippen LogP contribution in [0.3, 0.4) is 0 Å². The number of allylic oxidation sites excluding steroid dienone is 1. The van der Waals surface area contributed by atoms with Gasteiger partial charge in [-0.15, -0.1) is 0 Å². The van der Waals surface area contributed by atoms with Crippen LogP contribution in [0.4, 0.5) is 0 Å². The van der Waals surface area contributed by atoms with Crippen molar-refractivity contribution in [3.63, 3.8) is 0 Å². The maximum absolute atomic E-state index is 6.66. The van der Waals surface area contributed by atoms with E-state index < -0.39 is 0 Å². The van der Waals surface area contributed by atoms with Gasteiger partial charge in [0.15, 0.2) is 0 Å². The molecule has 0 rings (SSSR count). The molecule has 0 heterocycles. The lowest BCUT2D eigenvalue weighted by Crippen LogP contribution is -2.25. The molecule has 0 bridgehead atoms. The highest BCUT2D eigenvalue weighted by atomic mass is 15.3. The summed E-state index contributed by atoms with van der Waals surface area (Å²) in [5.41, 5.74) is 7.96. The molecule has 0 aromatic heterocycles. The average molecular weight is 126 g/mol. The van der Waals surface area contributed by atoms with Gasteiger partial charge in [-0.3, -0.25) is 5.41 Å². The van der Waals surface area contributed by atoms with Gasteiger partial charge in [-0.1, -0.05) is 6.58 Å². The number of hydrogen-bond acceptors (Lipinski definition) is 2. The van der Waals surface area contributed by atoms with E-state index in [2.05, 4.69) is 17.1 Å². The summed E-state index contributed by atoms with van der Waals surface area (Å²) >= 11 is 0. The summed E-state index contributed by atoms with van der Waals surface area (Å²) in [5.74, 6) is -0.174. The molecule has 0 saturated heterocycles. The van der Waals surface area contributed by atoms with Crippen LogP contribution < -0.4 is 11.2 Å². The minimum absolute atomic E-state index is 0.174. The summed E-state index contributed by atoms with van der Waals surface area (Å²) in [5, 5.41) is 10.2.